The molecule has 0 aromatic heterocycles. The third-order valence-corrected chi connectivity index (χ3v) is 8.24. The van der Waals surface area contributed by atoms with E-state index in [4.69, 9.17) is 0 Å². The predicted octanol–water partition coefficient (Wildman–Crippen LogP) is 8.68. The summed E-state index contributed by atoms with van der Waals surface area (Å²) in [6.45, 7) is 4.55. The van der Waals surface area contributed by atoms with Gasteiger partial charge in [-0.25, -0.2) is 8.78 Å². The highest BCUT2D eigenvalue weighted by Gasteiger charge is 2.29. The van der Waals surface area contributed by atoms with E-state index in [1.807, 2.05) is 12.2 Å². The molecule has 0 heterocycles. The fourth-order valence-corrected chi connectivity index (χ4v) is 6.02. The maximum absolute atomic E-state index is 14.8. The summed E-state index contributed by atoms with van der Waals surface area (Å²) < 4.78 is 29.5. The normalized spacial score (nSPS) is 35.1. The third-order valence-electron chi connectivity index (χ3n) is 8.24. The van der Waals surface area contributed by atoms with Crippen molar-refractivity contribution >= 4 is 6.08 Å². The summed E-state index contributed by atoms with van der Waals surface area (Å²) in [6.07, 6.45) is 20.7. The van der Waals surface area contributed by atoms with Crippen LogP contribution in [0.4, 0.5) is 8.78 Å². The molecule has 2 unspecified atom stereocenters. The molecule has 2 saturated carbocycles. The molecule has 164 valence electrons. The molecule has 3 aliphatic rings. The first-order chi connectivity index (χ1) is 14.5. The second-order valence-corrected chi connectivity index (χ2v) is 10.5. The van der Waals surface area contributed by atoms with Gasteiger partial charge in [0, 0.05) is 11.5 Å². The first-order valence-corrected chi connectivity index (χ1v) is 12.4. The maximum atomic E-state index is 14.8. The van der Waals surface area contributed by atoms with Crippen molar-refractivity contribution in [3.8, 4) is 0 Å². The van der Waals surface area contributed by atoms with Gasteiger partial charge in [-0.05, 0) is 86.5 Å². The zero-order valence-corrected chi connectivity index (χ0v) is 18.8. The van der Waals surface area contributed by atoms with E-state index in [1.165, 1.54) is 51.4 Å². The zero-order chi connectivity index (χ0) is 21.1. The zero-order valence-electron chi connectivity index (χ0n) is 18.8. The first kappa shape index (κ1) is 21.8. The van der Waals surface area contributed by atoms with Crippen LogP contribution in [0, 0.1) is 41.2 Å². The Labute approximate surface area is 181 Å². The van der Waals surface area contributed by atoms with Crippen LogP contribution in [0.15, 0.2) is 30.4 Å². The van der Waals surface area contributed by atoms with Crippen LogP contribution in [-0.4, -0.2) is 0 Å². The summed E-state index contributed by atoms with van der Waals surface area (Å²) in [5.41, 5.74) is 0.905. The van der Waals surface area contributed by atoms with Gasteiger partial charge in [-0.2, -0.15) is 0 Å². The Morgan fingerprint density at radius 1 is 0.733 bits per heavy atom. The summed E-state index contributed by atoms with van der Waals surface area (Å²) in [5.74, 6) is 2.45. The smallest absolute Gasteiger partial charge is 0.166 e. The molecule has 4 rings (SSSR count). The molecule has 3 aliphatic carbocycles. The largest absolute Gasteiger partial charge is 0.203 e. The lowest BCUT2D eigenvalue weighted by Gasteiger charge is -2.36. The molecule has 0 amide bonds. The van der Waals surface area contributed by atoms with Crippen molar-refractivity contribution in [2.24, 2.45) is 29.6 Å². The van der Waals surface area contributed by atoms with Crippen molar-refractivity contribution in [3.63, 3.8) is 0 Å². The van der Waals surface area contributed by atoms with Crippen molar-refractivity contribution in [1.82, 2.24) is 0 Å². The van der Waals surface area contributed by atoms with Gasteiger partial charge in [0.05, 0.1) is 0 Å². The topological polar surface area (TPSA) is 0 Å². The number of benzene rings is 1. The van der Waals surface area contributed by atoms with Crippen LogP contribution in [-0.2, 0) is 0 Å². The quantitative estimate of drug-likeness (QED) is 0.434. The van der Waals surface area contributed by atoms with Crippen LogP contribution in [0.5, 0.6) is 0 Å². The Morgan fingerprint density at radius 3 is 2.03 bits per heavy atom. The number of rotatable bonds is 4. The van der Waals surface area contributed by atoms with Gasteiger partial charge in [0.1, 0.15) is 0 Å². The van der Waals surface area contributed by atoms with E-state index in [-0.39, 0.29) is 5.92 Å². The van der Waals surface area contributed by atoms with E-state index in [1.54, 1.807) is 12.1 Å². The minimum absolute atomic E-state index is 0.00628. The molecule has 1 aromatic rings. The molecular weight excluding hydrogens is 374 g/mol. The average Bonchev–Trinajstić information content (AvgIpc) is 2.77. The van der Waals surface area contributed by atoms with Gasteiger partial charge in [0.25, 0.3) is 0 Å². The second kappa shape index (κ2) is 9.79. The van der Waals surface area contributed by atoms with Crippen LogP contribution in [0.3, 0.4) is 0 Å². The first-order valence-electron chi connectivity index (χ1n) is 12.4. The number of allylic oxidation sites excluding steroid dienone is 3. The predicted molar refractivity (Wildman–Crippen MR) is 122 cm³/mol. The van der Waals surface area contributed by atoms with Crippen LogP contribution in [0.25, 0.3) is 6.08 Å². The van der Waals surface area contributed by atoms with E-state index >= 15 is 0 Å². The van der Waals surface area contributed by atoms with E-state index in [9.17, 15) is 8.78 Å². The minimum Gasteiger partial charge on any atom is -0.203 e. The highest BCUT2D eigenvalue weighted by molar-refractivity contribution is 5.52. The molecule has 0 N–H and O–H groups in total. The molecule has 0 saturated heterocycles. The lowest BCUT2D eigenvalue weighted by atomic mass is 9.69. The van der Waals surface area contributed by atoms with Gasteiger partial charge < -0.3 is 0 Å². The molecular formula is C28H38F2. The van der Waals surface area contributed by atoms with Crippen molar-refractivity contribution in [1.29, 1.82) is 0 Å². The molecule has 2 heteroatoms. The van der Waals surface area contributed by atoms with E-state index in [0.29, 0.717) is 23.0 Å². The Balaban J connectivity index is 1.34. The lowest BCUT2D eigenvalue weighted by Crippen LogP contribution is -2.24. The lowest BCUT2D eigenvalue weighted by molar-refractivity contribution is 0.160. The molecule has 0 radical (unpaired) electrons. The van der Waals surface area contributed by atoms with Gasteiger partial charge in [-0.15, -0.1) is 0 Å². The molecule has 0 spiro atoms. The number of halogens is 2. The Bertz CT molecular complexity index is 761. The van der Waals surface area contributed by atoms with Crippen LogP contribution < -0.4 is 0 Å². The second-order valence-electron chi connectivity index (χ2n) is 10.5. The number of hydrogen-bond donors (Lipinski definition) is 0. The monoisotopic (exact) mass is 412 g/mol. The Kier molecular flexibility index (Phi) is 7.11. The fourth-order valence-electron chi connectivity index (χ4n) is 6.02. The summed E-state index contributed by atoms with van der Waals surface area (Å²) in [6, 6.07) is 3.56. The van der Waals surface area contributed by atoms with Gasteiger partial charge >= 0.3 is 0 Å². The summed E-state index contributed by atoms with van der Waals surface area (Å²) in [4.78, 5) is 0. The van der Waals surface area contributed by atoms with Gasteiger partial charge in [-0.1, -0.05) is 63.1 Å². The van der Waals surface area contributed by atoms with Gasteiger partial charge in [-0.3, -0.25) is 0 Å². The molecule has 0 aliphatic heterocycles. The van der Waals surface area contributed by atoms with Crippen molar-refractivity contribution in [2.45, 2.75) is 84.0 Å². The fraction of sp³-hybridized carbons (Fsp3) is 0.643. The molecule has 0 nitrogen and oxygen atoms in total. The summed E-state index contributed by atoms with van der Waals surface area (Å²) >= 11 is 0. The molecule has 1 aromatic carbocycles. The van der Waals surface area contributed by atoms with Gasteiger partial charge in [0.15, 0.2) is 11.6 Å². The Hall–Kier alpha value is -1.44. The highest BCUT2D eigenvalue weighted by atomic mass is 19.2. The summed E-state index contributed by atoms with van der Waals surface area (Å²) in [7, 11) is 0. The van der Waals surface area contributed by atoms with Crippen LogP contribution >= 0.6 is 0 Å². The molecule has 0 bridgehead atoms. The van der Waals surface area contributed by atoms with Crippen LogP contribution in [0.2, 0.25) is 0 Å². The van der Waals surface area contributed by atoms with Gasteiger partial charge in [0.2, 0.25) is 0 Å². The third kappa shape index (κ3) is 5.06. The maximum Gasteiger partial charge on any atom is 0.166 e. The van der Waals surface area contributed by atoms with Crippen molar-refractivity contribution in [2.75, 3.05) is 0 Å². The molecule has 30 heavy (non-hydrogen) atoms. The highest BCUT2D eigenvalue weighted by Crippen LogP contribution is 2.41. The van der Waals surface area contributed by atoms with Crippen molar-refractivity contribution in [3.05, 3.63) is 53.1 Å². The van der Waals surface area contributed by atoms with E-state index in [0.717, 1.165) is 30.6 Å². The van der Waals surface area contributed by atoms with E-state index in [2.05, 4.69) is 26.0 Å². The Morgan fingerprint density at radius 2 is 1.40 bits per heavy atom. The standard InChI is InChI=1S/C28H38F2/c1-19-3-10-22(11-4-19)23-14-7-21(8-15-23)9-16-25-17-18-26(28(30)27(25)29)24-12-5-20(2)6-13-24/h5,9,12,16-24H,3-4,6-8,10-11,13-15H2,1-2H3/b16-9+. The minimum atomic E-state index is -0.680. The van der Waals surface area contributed by atoms with Crippen LogP contribution in [0.1, 0.15) is 95.1 Å². The van der Waals surface area contributed by atoms with E-state index < -0.39 is 11.6 Å². The average molecular weight is 413 g/mol. The van der Waals surface area contributed by atoms with Crippen molar-refractivity contribution < 1.29 is 8.78 Å². The SMILES string of the molecule is CC1C=CC(c2ccc(/C=C/C3CCC(C4CCC(C)CC4)CC3)c(F)c2F)CC1. The summed E-state index contributed by atoms with van der Waals surface area (Å²) in [5, 5.41) is 0. The molecule has 2 atom stereocenters. The number of hydrogen-bond acceptors (Lipinski definition) is 0. The molecule has 2 fully saturated rings.